The maximum atomic E-state index is 12.0. The molecule has 0 spiro atoms. The van der Waals surface area contributed by atoms with Gasteiger partial charge >= 0.3 is 0 Å². The van der Waals surface area contributed by atoms with Crippen molar-refractivity contribution >= 4 is 5.91 Å². The van der Waals surface area contributed by atoms with Gasteiger partial charge in [-0.1, -0.05) is 18.2 Å². The van der Waals surface area contributed by atoms with Crippen LogP contribution in [-0.4, -0.2) is 55.8 Å². The van der Waals surface area contributed by atoms with Crippen molar-refractivity contribution in [3.05, 3.63) is 29.8 Å². The van der Waals surface area contributed by atoms with Gasteiger partial charge in [0.05, 0.1) is 13.7 Å². The number of aliphatic hydroxyl groups excluding tert-OH is 1. The van der Waals surface area contributed by atoms with Gasteiger partial charge in [0.25, 0.3) is 0 Å². The number of nitrogens with one attached hydrogen (secondary N) is 1. The lowest BCUT2D eigenvalue weighted by Crippen LogP contribution is -2.42. The van der Waals surface area contributed by atoms with Crippen LogP contribution in [-0.2, 0) is 11.2 Å². The molecule has 1 amide bonds. The van der Waals surface area contributed by atoms with E-state index >= 15 is 0 Å². The van der Waals surface area contributed by atoms with Crippen LogP contribution in [0.1, 0.15) is 18.4 Å². The largest absolute Gasteiger partial charge is 0.496 e. The van der Waals surface area contributed by atoms with Gasteiger partial charge in [0.15, 0.2) is 0 Å². The average molecular weight is 306 g/mol. The number of aliphatic hydroxyl groups is 1. The first kappa shape index (κ1) is 16.8. The first-order valence-corrected chi connectivity index (χ1v) is 7.94. The second-order valence-corrected chi connectivity index (χ2v) is 5.81. The van der Waals surface area contributed by atoms with Gasteiger partial charge in [0, 0.05) is 13.2 Å². The fourth-order valence-corrected chi connectivity index (χ4v) is 2.83. The molecular weight excluding hydrogens is 280 g/mol. The van der Waals surface area contributed by atoms with E-state index in [1.165, 1.54) is 0 Å². The highest BCUT2D eigenvalue weighted by molar-refractivity contribution is 5.78. The molecule has 1 aliphatic heterocycles. The molecule has 122 valence electrons. The second kappa shape index (κ2) is 8.76. The minimum Gasteiger partial charge on any atom is -0.496 e. The molecule has 22 heavy (non-hydrogen) atoms. The molecule has 0 aliphatic carbocycles. The molecular formula is C17H26N2O3. The predicted octanol–water partition coefficient (Wildman–Crippen LogP) is 1.06. The third-order valence-corrected chi connectivity index (χ3v) is 4.24. The number of benzene rings is 1. The van der Waals surface area contributed by atoms with Crippen molar-refractivity contribution in [3.63, 3.8) is 0 Å². The highest BCUT2D eigenvalue weighted by Gasteiger charge is 2.19. The first-order chi connectivity index (χ1) is 10.7. The monoisotopic (exact) mass is 306 g/mol. The summed E-state index contributed by atoms with van der Waals surface area (Å²) in [7, 11) is 1.66. The summed E-state index contributed by atoms with van der Waals surface area (Å²) < 4.78 is 5.30. The van der Waals surface area contributed by atoms with E-state index in [-0.39, 0.29) is 12.5 Å². The third kappa shape index (κ3) is 5.00. The minimum absolute atomic E-state index is 0.0670. The number of amides is 1. The summed E-state index contributed by atoms with van der Waals surface area (Å²) in [5.74, 6) is 1.34. The maximum Gasteiger partial charge on any atom is 0.234 e. The van der Waals surface area contributed by atoms with Gasteiger partial charge in [0.2, 0.25) is 5.91 Å². The van der Waals surface area contributed by atoms with E-state index in [0.717, 1.165) is 43.7 Å². The van der Waals surface area contributed by atoms with Crippen molar-refractivity contribution < 1.29 is 14.6 Å². The molecule has 1 aromatic carbocycles. The summed E-state index contributed by atoms with van der Waals surface area (Å²) in [5, 5.41) is 12.1. The zero-order chi connectivity index (χ0) is 15.8. The summed E-state index contributed by atoms with van der Waals surface area (Å²) in [6, 6.07) is 7.87. The quantitative estimate of drug-likeness (QED) is 0.791. The number of para-hydroxylation sites is 1. The average Bonchev–Trinajstić information content (AvgIpc) is 2.56. The number of nitrogens with zero attached hydrogens (tertiary/aromatic N) is 1. The summed E-state index contributed by atoms with van der Waals surface area (Å²) in [4.78, 5) is 14.1. The smallest absolute Gasteiger partial charge is 0.234 e. The van der Waals surface area contributed by atoms with Crippen molar-refractivity contribution in [1.82, 2.24) is 10.2 Å². The number of carbonyl (C=O) groups excluding carboxylic acids is 1. The number of carbonyl (C=O) groups is 1. The topological polar surface area (TPSA) is 61.8 Å². The van der Waals surface area contributed by atoms with E-state index in [9.17, 15) is 4.79 Å². The molecule has 0 atom stereocenters. The Hall–Kier alpha value is -1.59. The lowest BCUT2D eigenvalue weighted by Gasteiger charge is -2.30. The van der Waals surface area contributed by atoms with E-state index in [1.54, 1.807) is 7.11 Å². The summed E-state index contributed by atoms with van der Waals surface area (Å²) >= 11 is 0. The highest BCUT2D eigenvalue weighted by atomic mass is 16.5. The number of piperidine rings is 1. The third-order valence-electron chi connectivity index (χ3n) is 4.24. The lowest BCUT2D eigenvalue weighted by molar-refractivity contribution is -0.122. The molecule has 5 nitrogen and oxygen atoms in total. The van der Waals surface area contributed by atoms with Crippen LogP contribution >= 0.6 is 0 Å². The molecule has 0 saturated carbocycles. The van der Waals surface area contributed by atoms with Gasteiger partial charge in [-0.15, -0.1) is 0 Å². The zero-order valence-corrected chi connectivity index (χ0v) is 13.3. The van der Waals surface area contributed by atoms with Crippen molar-refractivity contribution in [2.24, 2.45) is 5.92 Å². The van der Waals surface area contributed by atoms with Crippen LogP contribution in [0.5, 0.6) is 5.75 Å². The molecule has 5 heteroatoms. The van der Waals surface area contributed by atoms with Crippen LogP contribution in [0.15, 0.2) is 24.3 Å². The molecule has 1 heterocycles. The Morgan fingerprint density at radius 2 is 2.09 bits per heavy atom. The second-order valence-electron chi connectivity index (χ2n) is 5.81. The molecule has 0 radical (unpaired) electrons. The zero-order valence-electron chi connectivity index (χ0n) is 13.3. The van der Waals surface area contributed by atoms with Gasteiger partial charge in [-0.2, -0.15) is 0 Å². The Morgan fingerprint density at radius 1 is 1.36 bits per heavy atom. The number of likely N-dealkylation sites (tertiary alicyclic amines) is 1. The van der Waals surface area contributed by atoms with Crippen LogP contribution in [0.2, 0.25) is 0 Å². The minimum atomic E-state index is 0.0670. The Bertz CT molecular complexity index is 471. The predicted molar refractivity (Wildman–Crippen MR) is 86.0 cm³/mol. The number of methoxy groups -OCH3 is 1. The Kier molecular flexibility index (Phi) is 6.68. The summed E-state index contributed by atoms with van der Waals surface area (Å²) in [5.41, 5.74) is 1.11. The van der Waals surface area contributed by atoms with Crippen molar-refractivity contribution in [1.29, 1.82) is 0 Å². The van der Waals surface area contributed by atoms with Crippen LogP contribution in [0.3, 0.4) is 0 Å². The molecule has 0 aromatic heterocycles. The van der Waals surface area contributed by atoms with Crippen LogP contribution in [0.25, 0.3) is 0 Å². The van der Waals surface area contributed by atoms with Crippen LogP contribution in [0.4, 0.5) is 0 Å². The Labute approximate surface area is 132 Å². The first-order valence-electron chi connectivity index (χ1n) is 7.94. The van der Waals surface area contributed by atoms with Gasteiger partial charge in [-0.05, 0) is 49.9 Å². The summed E-state index contributed by atoms with van der Waals surface area (Å²) in [6.07, 6.45) is 2.72. The number of hydrogen-bond acceptors (Lipinski definition) is 4. The highest BCUT2D eigenvalue weighted by Crippen LogP contribution is 2.17. The van der Waals surface area contributed by atoms with E-state index in [0.29, 0.717) is 19.0 Å². The van der Waals surface area contributed by atoms with E-state index in [2.05, 4.69) is 10.2 Å². The molecule has 1 fully saturated rings. The molecule has 0 unspecified atom stereocenters. The standard InChI is InChI=1S/C17H26N2O3/c1-22-16-5-3-2-4-15(16)6-9-18-17(21)12-19-10-7-14(13-20)8-11-19/h2-5,14,20H,6-13H2,1H3,(H,18,21). The normalized spacial score (nSPS) is 16.5. The fourth-order valence-electron chi connectivity index (χ4n) is 2.83. The maximum absolute atomic E-state index is 12.0. The molecule has 2 rings (SSSR count). The number of hydrogen-bond donors (Lipinski definition) is 2. The van der Waals surface area contributed by atoms with E-state index in [4.69, 9.17) is 9.84 Å². The van der Waals surface area contributed by atoms with E-state index in [1.807, 2.05) is 24.3 Å². The summed E-state index contributed by atoms with van der Waals surface area (Å²) in [6.45, 7) is 3.12. The molecule has 1 saturated heterocycles. The molecule has 0 bridgehead atoms. The molecule has 1 aromatic rings. The van der Waals surface area contributed by atoms with Crippen LogP contribution < -0.4 is 10.1 Å². The van der Waals surface area contributed by atoms with Crippen molar-refractivity contribution in [2.75, 3.05) is 39.9 Å². The SMILES string of the molecule is COc1ccccc1CCNC(=O)CN1CCC(CO)CC1. The van der Waals surface area contributed by atoms with Crippen molar-refractivity contribution in [2.45, 2.75) is 19.3 Å². The number of ether oxygens (including phenoxy) is 1. The van der Waals surface area contributed by atoms with Gasteiger partial charge in [-0.3, -0.25) is 9.69 Å². The molecule has 1 aliphatic rings. The van der Waals surface area contributed by atoms with Gasteiger partial charge in [0.1, 0.15) is 5.75 Å². The van der Waals surface area contributed by atoms with Crippen molar-refractivity contribution in [3.8, 4) is 5.75 Å². The lowest BCUT2D eigenvalue weighted by atomic mass is 9.98. The Morgan fingerprint density at radius 3 is 2.77 bits per heavy atom. The molecule has 2 N–H and O–H groups in total. The van der Waals surface area contributed by atoms with Crippen LogP contribution in [0, 0.1) is 5.92 Å². The Balaban J connectivity index is 1.68. The van der Waals surface area contributed by atoms with Gasteiger partial charge < -0.3 is 15.2 Å². The fraction of sp³-hybridized carbons (Fsp3) is 0.588. The van der Waals surface area contributed by atoms with Gasteiger partial charge in [-0.25, -0.2) is 0 Å². The van der Waals surface area contributed by atoms with E-state index < -0.39 is 0 Å². The number of rotatable bonds is 7.